The van der Waals surface area contributed by atoms with Crippen molar-refractivity contribution in [1.82, 2.24) is 0 Å². The van der Waals surface area contributed by atoms with E-state index in [-0.39, 0.29) is 6.04 Å². The average Bonchev–Trinajstić information content (AvgIpc) is 2.77. The number of benzene rings is 1. The first kappa shape index (κ1) is 11.4. The third kappa shape index (κ3) is 2.18. The summed E-state index contributed by atoms with van der Waals surface area (Å²) in [6.45, 7) is 4.27. The van der Waals surface area contributed by atoms with E-state index in [4.69, 9.17) is 5.73 Å². The Kier molecular flexibility index (Phi) is 3.42. The zero-order chi connectivity index (χ0) is 11.5. The molecule has 16 heavy (non-hydrogen) atoms. The Labute approximate surface area is 101 Å². The molecule has 2 heteroatoms. The first-order chi connectivity index (χ1) is 7.72. The van der Waals surface area contributed by atoms with Crippen LogP contribution < -0.4 is 5.73 Å². The second-order valence-corrected chi connectivity index (χ2v) is 5.00. The van der Waals surface area contributed by atoms with Crippen molar-refractivity contribution in [2.24, 2.45) is 5.73 Å². The van der Waals surface area contributed by atoms with Gasteiger partial charge in [0, 0.05) is 4.88 Å². The van der Waals surface area contributed by atoms with E-state index in [9.17, 15) is 0 Å². The van der Waals surface area contributed by atoms with Crippen molar-refractivity contribution in [3.8, 4) is 0 Å². The van der Waals surface area contributed by atoms with E-state index in [0.29, 0.717) is 0 Å². The summed E-state index contributed by atoms with van der Waals surface area (Å²) in [6.07, 6.45) is 1.05. The third-order valence-corrected chi connectivity index (χ3v) is 3.92. The first-order valence-corrected chi connectivity index (χ1v) is 6.48. The van der Waals surface area contributed by atoms with Crippen LogP contribution in [0, 0.1) is 6.92 Å². The van der Waals surface area contributed by atoms with Crippen molar-refractivity contribution in [3.63, 3.8) is 0 Å². The summed E-state index contributed by atoms with van der Waals surface area (Å²) in [4.78, 5) is 1.30. The van der Waals surface area contributed by atoms with Crippen molar-refractivity contribution in [2.75, 3.05) is 0 Å². The lowest BCUT2D eigenvalue weighted by Crippen LogP contribution is -2.11. The van der Waals surface area contributed by atoms with E-state index < -0.39 is 0 Å². The second kappa shape index (κ2) is 4.81. The molecule has 0 radical (unpaired) electrons. The molecular formula is C14H17NS. The van der Waals surface area contributed by atoms with E-state index in [1.165, 1.54) is 21.6 Å². The molecule has 0 bridgehead atoms. The molecule has 0 aliphatic heterocycles. The molecule has 2 N–H and O–H groups in total. The highest BCUT2D eigenvalue weighted by atomic mass is 32.1. The van der Waals surface area contributed by atoms with Gasteiger partial charge in [-0.05, 0) is 35.9 Å². The molecule has 2 rings (SSSR count). The number of hydrogen-bond acceptors (Lipinski definition) is 2. The van der Waals surface area contributed by atoms with Gasteiger partial charge in [0.1, 0.15) is 0 Å². The summed E-state index contributed by atoms with van der Waals surface area (Å²) in [7, 11) is 0. The van der Waals surface area contributed by atoms with Crippen LogP contribution in [0.1, 0.15) is 34.5 Å². The predicted octanol–water partition coefficient (Wildman–Crippen LogP) is 3.67. The lowest BCUT2D eigenvalue weighted by Gasteiger charge is -2.12. The topological polar surface area (TPSA) is 26.0 Å². The number of thiophene rings is 1. The van der Waals surface area contributed by atoms with Gasteiger partial charge in [0.05, 0.1) is 6.04 Å². The highest BCUT2D eigenvalue weighted by molar-refractivity contribution is 7.10. The van der Waals surface area contributed by atoms with Gasteiger partial charge < -0.3 is 5.73 Å². The normalized spacial score (nSPS) is 12.7. The van der Waals surface area contributed by atoms with Crippen molar-refractivity contribution < 1.29 is 0 Å². The largest absolute Gasteiger partial charge is 0.320 e. The minimum Gasteiger partial charge on any atom is -0.320 e. The van der Waals surface area contributed by atoms with Crippen LogP contribution in [0.25, 0.3) is 0 Å². The van der Waals surface area contributed by atoms with Crippen LogP contribution in [0.2, 0.25) is 0 Å². The molecule has 1 atom stereocenters. The van der Waals surface area contributed by atoms with Gasteiger partial charge in [-0.25, -0.2) is 0 Å². The van der Waals surface area contributed by atoms with Crippen LogP contribution in [-0.2, 0) is 6.42 Å². The summed E-state index contributed by atoms with van der Waals surface area (Å²) < 4.78 is 0. The lowest BCUT2D eigenvalue weighted by atomic mass is 10.0. The van der Waals surface area contributed by atoms with Gasteiger partial charge in [-0.3, -0.25) is 0 Å². The molecule has 0 aliphatic carbocycles. The second-order valence-electron chi connectivity index (χ2n) is 4.05. The minimum atomic E-state index is 0.0237. The molecule has 0 saturated carbocycles. The van der Waals surface area contributed by atoms with Crippen molar-refractivity contribution in [3.05, 3.63) is 57.3 Å². The summed E-state index contributed by atoms with van der Waals surface area (Å²) in [6, 6.07) is 10.7. The van der Waals surface area contributed by atoms with Crippen LogP contribution in [0.4, 0.5) is 0 Å². The molecule has 2 aromatic rings. The number of rotatable bonds is 3. The average molecular weight is 231 g/mol. The molecule has 1 aromatic carbocycles. The van der Waals surface area contributed by atoms with E-state index in [0.717, 1.165) is 6.42 Å². The summed E-state index contributed by atoms with van der Waals surface area (Å²) in [5, 5.41) is 2.13. The minimum absolute atomic E-state index is 0.0237. The monoisotopic (exact) mass is 231 g/mol. The van der Waals surface area contributed by atoms with Gasteiger partial charge >= 0.3 is 0 Å². The maximum absolute atomic E-state index is 6.30. The van der Waals surface area contributed by atoms with Crippen molar-refractivity contribution >= 4 is 11.3 Å². The van der Waals surface area contributed by atoms with E-state index in [1.54, 1.807) is 11.3 Å². The molecule has 0 fully saturated rings. The lowest BCUT2D eigenvalue weighted by molar-refractivity contribution is 0.873. The number of aryl methyl sites for hydroxylation is 2. The fourth-order valence-corrected chi connectivity index (χ4v) is 2.86. The maximum Gasteiger partial charge on any atom is 0.0648 e. The SMILES string of the molecule is CCc1ccsc1C(N)c1ccc(C)cc1. The van der Waals surface area contributed by atoms with Crippen molar-refractivity contribution in [2.45, 2.75) is 26.3 Å². The zero-order valence-corrected chi connectivity index (χ0v) is 10.6. The van der Waals surface area contributed by atoms with E-state index in [2.05, 4.69) is 49.6 Å². The molecule has 0 amide bonds. The van der Waals surface area contributed by atoms with Gasteiger partial charge in [-0.15, -0.1) is 11.3 Å². The van der Waals surface area contributed by atoms with Crippen LogP contribution in [-0.4, -0.2) is 0 Å². The Morgan fingerprint density at radius 3 is 2.50 bits per heavy atom. The Bertz CT molecular complexity index is 456. The Balaban J connectivity index is 2.31. The molecule has 1 aromatic heterocycles. The van der Waals surface area contributed by atoms with E-state index in [1.807, 2.05) is 0 Å². The number of hydrogen-bond donors (Lipinski definition) is 1. The van der Waals surface area contributed by atoms with Gasteiger partial charge in [0.25, 0.3) is 0 Å². The van der Waals surface area contributed by atoms with Crippen LogP contribution in [0.3, 0.4) is 0 Å². The Morgan fingerprint density at radius 2 is 1.88 bits per heavy atom. The smallest absolute Gasteiger partial charge is 0.0648 e. The molecule has 0 spiro atoms. The predicted molar refractivity (Wildman–Crippen MR) is 70.9 cm³/mol. The van der Waals surface area contributed by atoms with Gasteiger partial charge in [0.2, 0.25) is 0 Å². The fourth-order valence-electron chi connectivity index (χ4n) is 1.84. The summed E-state index contributed by atoms with van der Waals surface area (Å²) >= 11 is 1.76. The third-order valence-electron chi connectivity index (χ3n) is 2.88. The molecule has 0 saturated heterocycles. The highest BCUT2D eigenvalue weighted by Gasteiger charge is 2.13. The molecule has 1 unspecified atom stereocenters. The van der Waals surface area contributed by atoms with Crippen LogP contribution >= 0.6 is 11.3 Å². The quantitative estimate of drug-likeness (QED) is 0.857. The Morgan fingerprint density at radius 1 is 1.19 bits per heavy atom. The van der Waals surface area contributed by atoms with Crippen LogP contribution in [0.5, 0.6) is 0 Å². The van der Waals surface area contributed by atoms with E-state index >= 15 is 0 Å². The Hall–Kier alpha value is -1.12. The van der Waals surface area contributed by atoms with Gasteiger partial charge in [-0.1, -0.05) is 36.8 Å². The summed E-state index contributed by atoms with van der Waals surface area (Å²) in [5.41, 5.74) is 10.1. The maximum atomic E-state index is 6.30. The van der Waals surface area contributed by atoms with Crippen molar-refractivity contribution in [1.29, 1.82) is 0 Å². The van der Waals surface area contributed by atoms with Crippen LogP contribution in [0.15, 0.2) is 35.7 Å². The molecular weight excluding hydrogens is 214 g/mol. The molecule has 1 nitrogen and oxygen atoms in total. The molecule has 1 heterocycles. The molecule has 84 valence electrons. The van der Waals surface area contributed by atoms with Gasteiger partial charge in [-0.2, -0.15) is 0 Å². The standard InChI is InChI=1S/C14H17NS/c1-3-11-8-9-16-14(11)13(15)12-6-4-10(2)5-7-12/h4-9,13H,3,15H2,1-2H3. The zero-order valence-electron chi connectivity index (χ0n) is 9.73. The molecule has 0 aliphatic rings. The fraction of sp³-hybridized carbons (Fsp3) is 0.286. The van der Waals surface area contributed by atoms with Gasteiger partial charge in [0.15, 0.2) is 0 Å². The summed E-state index contributed by atoms with van der Waals surface area (Å²) in [5.74, 6) is 0. The highest BCUT2D eigenvalue weighted by Crippen LogP contribution is 2.28. The number of nitrogens with two attached hydrogens (primary N) is 1. The first-order valence-electron chi connectivity index (χ1n) is 5.60.